The first-order valence-electron chi connectivity index (χ1n) is 5.64. The molecule has 1 aromatic heterocycles. The van der Waals surface area contributed by atoms with E-state index in [0.29, 0.717) is 6.42 Å². The number of carbonyl (C=O) groups excluding carboxylic acids is 1. The number of thioether (sulfide) groups is 1. The number of thiazole rings is 1. The van der Waals surface area contributed by atoms with Crippen LogP contribution in [-0.2, 0) is 9.59 Å². The molecule has 1 fully saturated rings. The number of carboxylic acid groups (broad SMARTS) is 1. The van der Waals surface area contributed by atoms with Crippen LogP contribution in [0, 0.1) is 0 Å². The highest BCUT2D eigenvalue weighted by Gasteiger charge is 2.44. The van der Waals surface area contributed by atoms with Gasteiger partial charge in [0, 0.05) is 16.3 Å². The van der Waals surface area contributed by atoms with Crippen molar-refractivity contribution in [3.05, 3.63) is 34.4 Å². The van der Waals surface area contributed by atoms with Gasteiger partial charge in [0.15, 0.2) is 0 Å². The van der Waals surface area contributed by atoms with Gasteiger partial charge in [0.05, 0.1) is 17.3 Å². The Hall–Kier alpha value is -1.60. The van der Waals surface area contributed by atoms with Crippen LogP contribution in [0.3, 0.4) is 0 Å². The highest BCUT2D eigenvalue weighted by Crippen LogP contribution is 2.41. The molecule has 19 heavy (non-hydrogen) atoms. The fourth-order valence-corrected chi connectivity index (χ4v) is 3.87. The topological polar surface area (TPSA) is 70.5 Å². The number of carbonyl (C=O) groups is 2. The van der Waals surface area contributed by atoms with Crippen LogP contribution in [0.5, 0.6) is 0 Å². The van der Waals surface area contributed by atoms with Gasteiger partial charge in [-0.05, 0) is 12.2 Å². The summed E-state index contributed by atoms with van der Waals surface area (Å²) in [5.41, 5.74) is 1.84. The summed E-state index contributed by atoms with van der Waals surface area (Å²) in [6.07, 6.45) is 7.68. The second-order valence-electron chi connectivity index (χ2n) is 4.14. The predicted molar refractivity (Wildman–Crippen MR) is 73.5 cm³/mol. The Morgan fingerprint density at radius 2 is 2.42 bits per heavy atom. The minimum Gasteiger partial charge on any atom is -0.477 e. The van der Waals surface area contributed by atoms with Gasteiger partial charge in [-0.15, -0.1) is 23.1 Å². The van der Waals surface area contributed by atoms with E-state index in [0.717, 1.165) is 4.88 Å². The van der Waals surface area contributed by atoms with Crippen molar-refractivity contribution in [1.29, 1.82) is 0 Å². The molecule has 2 atom stereocenters. The van der Waals surface area contributed by atoms with Gasteiger partial charge in [-0.25, -0.2) is 4.79 Å². The Bertz CT molecular complexity index is 580. The highest BCUT2D eigenvalue weighted by atomic mass is 32.2. The number of nitrogens with zero attached hydrogens (tertiary/aromatic N) is 2. The molecule has 0 saturated carbocycles. The molecule has 1 aromatic rings. The minimum absolute atomic E-state index is 0.0254. The Morgan fingerprint density at radius 1 is 1.58 bits per heavy atom. The molecule has 0 bridgehead atoms. The van der Waals surface area contributed by atoms with Crippen LogP contribution in [-0.4, -0.2) is 37.5 Å². The molecule has 2 aliphatic rings. The maximum Gasteiger partial charge on any atom is 0.352 e. The molecule has 0 aliphatic carbocycles. The van der Waals surface area contributed by atoms with Crippen molar-refractivity contribution in [2.75, 3.05) is 0 Å². The van der Waals surface area contributed by atoms with Crippen molar-refractivity contribution < 1.29 is 14.7 Å². The Balaban J connectivity index is 1.82. The van der Waals surface area contributed by atoms with Gasteiger partial charge >= 0.3 is 5.97 Å². The smallest absolute Gasteiger partial charge is 0.352 e. The molecular formula is C12H10N2O3S2. The Kier molecular flexibility index (Phi) is 3.16. The van der Waals surface area contributed by atoms with E-state index >= 15 is 0 Å². The zero-order valence-corrected chi connectivity index (χ0v) is 11.4. The van der Waals surface area contributed by atoms with Crippen molar-refractivity contribution >= 4 is 41.1 Å². The maximum absolute atomic E-state index is 11.4. The molecule has 7 heteroatoms. The lowest BCUT2D eigenvalue weighted by Gasteiger charge is -2.43. The van der Waals surface area contributed by atoms with E-state index in [-0.39, 0.29) is 22.2 Å². The van der Waals surface area contributed by atoms with Crippen LogP contribution < -0.4 is 0 Å². The number of hydrogen-bond acceptors (Lipinski definition) is 5. The summed E-state index contributed by atoms with van der Waals surface area (Å²) < 4.78 is 0. The summed E-state index contributed by atoms with van der Waals surface area (Å²) in [6, 6.07) is 0. The van der Waals surface area contributed by atoms with Crippen molar-refractivity contribution in [1.82, 2.24) is 9.88 Å². The summed E-state index contributed by atoms with van der Waals surface area (Å²) in [7, 11) is 0. The largest absolute Gasteiger partial charge is 0.477 e. The number of amides is 1. The van der Waals surface area contributed by atoms with Gasteiger partial charge in [0.2, 0.25) is 5.91 Å². The van der Waals surface area contributed by atoms with Gasteiger partial charge in [-0.3, -0.25) is 14.7 Å². The molecular weight excluding hydrogens is 284 g/mol. The first kappa shape index (κ1) is 12.4. The molecule has 0 spiro atoms. The van der Waals surface area contributed by atoms with Crippen molar-refractivity contribution in [2.45, 2.75) is 17.0 Å². The SMILES string of the molecule is O=C(O)C1=CC(C=Cc2cncs2)S[C@@H]2CC(=O)N12. The van der Waals surface area contributed by atoms with Gasteiger partial charge in [-0.2, -0.15) is 0 Å². The third-order valence-electron chi connectivity index (χ3n) is 2.92. The zero-order valence-electron chi connectivity index (χ0n) is 9.72. The van der Waals surface area contributed by atoms with Crippen LogP contribution in [0.4, 0.5) is 0 Å². The molecule has 98 valence electrons. The molecule has 0 radical (unpaired) electrons. The average molecular weight is 294 g/mol. The number of β-lactam (4-membered cyclic amide) rings is 1. The third kappa shape index (κ3) is 2.31. The Morgan fingerprint density at radius 3 is 3.05 bits per heavy atom. The van der Waals surface area contributed by atoms with Gasteiger partial charge < -0.3 is 5.11 Å². The summed E-state index contributed by atoms with van der Waals surface area (Å²) in [4.78, 5) is 28.9. The van der Waals surface area contributed by atoms with Crippen molar-refractivity contribution in [2.24, 2.45) is 0 Å². The van der Waals surface area contributed by atoms with Crippen LogP contribution in [0.2, 0.25) is 0 Å². The number of aromatic nitrogens is 1. The van der Waals surface area contributed by atoms with E-state index in [1.165, 1.54) is 16.2 Å². The van der Waals surface area contributed by atoms with E-state index in [1.54, 1.807) is 29.5 Å². The number of rotatable bonds is 3. The molecule has 0 aromatic carbocycles. The highest BCUT2D eigenvalue weighted by molar-refractivity contribution is 8.01. The molecule has 1 unspecified atom stereocenters. The second kappa shape index (κ2) is 4.82. The molecule has 1 saturated heterocycles. The third-order valence-corrected chi connectivity index (χ3v) is 4.96. The monoisotopic (exact) mass is 294 g/mol. The maximum atomic E-state index is 11.4. The first-order chi connectivity index (χ1) is 9.15. The van der Waals surface area contributed by atoms with Gasteiger partial charge in [-0.1, -0.05) is 6.08 Å². The lowest BCUT2D eigenvalue weighted by Crippen LogP contribution is -2.53. The molecule has 3 rings (SSSR count). The normalized spacial score (nSPS) is 26.0. The standard InChI is InChI=1S/C12H10N2O3S2/c15-10-4-11-14(10)9(12(16)17)3-7(19-11)1-2-8-5-13-6-18-8/h1-3,5-7,11H,4H2,(H,16,17)/t7?,11-/m1/s1. The number of carboxylic acids is 1. The molecule has 2 aliphatic heterocycles. The second-order valence-corrected chi connectivity index (χ2v) is 6.42. The molecule has 5 nitrogen and oxygen atoms in total. The van der Waals surface area contributed by atoms with Crippen molar-refractivity contribution in [3.8, 4) is 0 Å². The summed E-state index contributed by atoms with van der Waals surface area (Å²) in [5, 5.41) is 9.08. The quantitative estimate of drug-likeness (QED) is 0.861. The van der Waals surface area contributed by atoms with E-state index < -0.39 is 5.97 Å². The van der Waals surface area contributed by atoms with Gasteiger partial charge in [0.25, 0.3) is 0 Å². The molecule has 1 amide bonds. The molecule has 3 heterocycles. The van der Waals surface area contributed by atoms with Crippen LogP contribution in [0.1, 0.15) is 11.3 Å². The average Bonchev–Trinajstić information content (AvgIpc) is 2.87. The van der Waals surface area contributed by atoms with E-state index in [2.05, 4.69) is 4.98 Å². The van der Waals surface area contributed by atoms with E-state index in [4.69, 9.17) is 5.11 Å². The minimum atomic E-state index is -1.05. The summed E-state index contributed by atoms with van der Waals surface area (Å²) in [5.74, 6) is -1.16. The lowest BCUT2D eigenvalue weighted by atomic mass is 10.1. The lowest BCUT2D eigenvalue weighted by molar-refractivity contribution is -0.146. The van der Waals surface area contributed by atoms with Crippen LogP contribution in [0.15, 0.2) is 29.6 Å². The number of aliphatic carboxylic acids is 1. The number of fused-ring (bicyclic) bond motifs is 1. The van der Waals surface area contributed by atoms with E-state index in [1.807, 2.05) is 12.2 Å². The predicted octanol–water partition coefficient (Wildman–Crippen LogP) is 1.80. The van der Waals surface area contributed by atoms with E-state index in [9.17, 15) is 9.59 Å². The summed E-state index contributed by atoms with van der Waals surface area (Å²) in [6.45, 7) is 0. The van der Waals surface area contributed by atoms with Gasteiger partial charge in [0.1, 0.15) is 5.70 Å². The number of hydrogen-bond donors (Lipinski definition) is 1. The summed E-state index contributed by atoms with van der Waals surface area (Å²) >= 11 is 3.12. The fourth-order valence-electron chi connectivity index (χ4n) is 2.02. The van der Waals surface area contributed by atoms with Crippen molar-refractivity contribution in [3.63, 3.8) is 0 Å². The first-order valence-corrected chi connectivity index (χ1v) is 7.47. The fraction of sp³-hybridized carbons (Fsp3) is 0.250. The van der Waals surface area contributed by atoms with Crippen LogP contribution in [0.25, 0.3) is 6.08 Å². The Labute approximate surface area is 117 Å². The van der Waals surface area contributed by atoms with Crippen LogP contribution >= 0.6 is 23.1 Å². The zero-order chi connectivity index (χ0) is 13.4. The molecule has 1 N–H and O–H groups in total.